The summed E-state index contributed by atoms with van der Waals surface area (Å²) in [5.41, 5.74) is 2.08. The van der Waals surface area contributed by atoms with Crippen molar-refractivity contribution < 1.29 is 13.5 Å². The second kappa shape index (κ2) is 10.9. The van der Waals surface area contributed by atoms with Crippen LogP contribution in [0.2, 0.25) is 5.02 Å². The van der Waals surface area contributed by atoms with Crippen LogP contribution in [0, 0.1) is 17.8 Å². The predicted molar refractivity (Wildman–Crippen MR) is 158 cm³/mol. The fourth-order valence-electron chi connectivity index (χ4n) is 5.99. The van der Waals surface area contributed by atoms with E-state index in [0.29, 0.717) is 53.8 Å². The van der Waals surface area contributed by atoms with Crippen molar-refractivity contribution in [3.63, 3.8) is 0 Å². The summed E-state index contributed by atoms with van der Waals surface area (Å²) in [6.45, 7) is 5.02. The number of nitrogens with zero attached hydrogens (tertiary/aromatic N) is 4. The van der Waals surface area contributed by atoms with Gasteiger partial charge in [-0.2, -0.15) is 4.98 Å². The molecule has 1 aliphatic carbocycles. The van der Waals surface area contributed by atoms with E-state index < -0.39 is 17.8 Å². The first-order chi connectivity index (χ1) is 19.7. The molecule has 1 saturated carbocycles. The van der Waals surface area contributed by atoms with Crippen molar-refractivity contribution in [2.24, 2.45) is 17.8 Å². The Morgan fingerprint density at radius 2 is 1.95 bits per heavy atom. The average molecular weight is 588 g/mol. The number of nitrogens with one attached hydrogen (secondary N) is 3. The highest BCUT2D eigenvalue weighted by Gasteiger charge is 2.47. The molecule has 0 bridgehead atoms. The van der Waals surface area contributed by atoms with Crippen molar-refractivity contribution in [1.29, 1.82) is 0 Å². The van der Waals surface area contributed by atoms with Crippen LogP contribution in [0.15, 0.2) is 29.2 Å². The number of pyridine rings is 1. The van der Waals surface area contributed by atoms with Crippen molar-refractivity contribution in [2.45, 2.75) is 51.6 Å². The maximum Gasteiger partial charge on any atom is 0.295 e. The van der Waals surface area contributed by atoms with E-state index in [4.69, 9.17) is 16.3 Å². The molecule has 41 heavy (non-hydrogen) atoms. The number of hydrogen-bond acceptors (Lipinski definition) is 8. The molecule has 0 spiro atoms. The van der Waals surface area contributed by atoms with Crippen molar-refractivity contribution in [3.8, 4) is 5.75 Å². The van der Waals surface area contributed by atoms with Gasteiger partial charge in [-0.3, -0.25) is 4.79 Å². The quantitative estimate of drug-likeness (QED) is 0.351. The molecule has 0 amide bonds. The molecule has 4 heterocycles. The molecular weight excluding hydrogens is 552 g/mol. The number of hydrogen-bond donors (Lipinski definition) is 3. The van der Waals surface area contributed by atoms with E-state index in [0.717, 1.165) is 23.0 Å². The van der Waals surface area contributed by atoms with Crippen LogP contribution in [0.4, 0.5) is 31.9 Å². The number of benzene rings is 1. The van der Waals surface area contributed by atoms with Crippen molar-refractivity contribution >= 4 is 45.6 Å². The van der Waals surface area contributed by atoms with Crippen LogP contribution < -0.4 is 31.1 Å². The summed E-state index contributed by atoms with van der Waals surface area (Å²) in [5, 5.41) is 11.3. The summed E-state index contributed by atoms with van der Waals surface area (Å²) in [7, 11) is 1.85. The molecule has 3 N–H and O–H groups in total. The van der Waals surface area contributed by atoms with Crippen molar-refractivity contribution in [1.82, 2.24) is 19.9 Å². The van der Waals surface area contributed by atoms with Crippen LogP contribution in [-0.4, -0.2) is 59.8 Å². The molecule has 2 fully saturated rings. The lowest BCUT2D eigenvalue weighted by atomic mass is 9.87. The minimum Gasteiger partial charge on any atom is -0.486 e. The van der Waals surface area contributed by atoms with Crippen LogP contribution in [0.25, 0.3) is 10.9 Å². The van der Waals surface area contributed by atoms with Crippen LogP contribution in [0.3, 0.4) is 0 Å². The van der Waals surface area contributed by atoms with E-state index in [1.54, 1.807) is 23.3 Å². The fraction of sp³-hybridized carbons (Fsp3) is 0.552. The topological polar surface area (TPSA) is 96.3 Å². The van der Waals surface area contributed by atoms with Gasteiger partial charge in [0.25, 0.3) is 11.5 Å². The van der Waals surface area contributed by atoms with Crippen LogP contribution in [0.1, 0.15) is 33.1 Å². The molecule has 0 radical (unpaired) electrons. The fourth-order valence-corrected chi connectivity index (χ4v) is 6.13. The normalized spacial score (nSPS) is 23.9. The first-order valence-electron chi connectivity index (χ1n) is 14.3. The van der Waals surface area contributed by atoms with Gasteiger partial charge in [-0.25, -0.2) is 13.8 Å². The third-order valence-electron chi connectivity index (χ3n) is 8.58. The first kappa shape index (κ1) is 28.0. The number of rotatable bonds is 7. The van der Waals surface area contributed by atoms with Gasteiger partial charge < -0.3 is 30.2 Å². The Balaban J connectivity index is 1.37. The molecule has 2 aromatic heterocycles. The monoisotopic (exact) mass is 587 g/mol. The van der Waals surface area contributed by atoms with Gasteiger partial charge in [0.15, 0.2) is 5.82 Å². The maximum atomic E-state index is 14.4. The van der Waals surface area contributed by atoms with E-state index in [2.05, 4.69) is 25.9 Å². The molecule has 9 nitrogen and oxygen atoms in total. The molecule has 12 heteroatoms. The summed E-state index contributed by atoms with van der Waals surface area (Å²) < 4.78 is 36.7. The summed E-state index contributed by atoms with van der Waals surface area (Å²) in [6.07, 6.45) is 4.69. The predicted octanol–water partition coefficient (Wildman–Crippen LogP) is 5.11. The number of halogens is 3. The van der Waals surface area contributed by atoms with Gasteiger partial charge in [0, 0.05) is 61.6 Å². The largest absolute Gasteiger partial charge is 0.486 e. The van der Waals surface area contributed by atoms with Gasteiger partial charge in [-0.15, -0.1) is 0 Å². The number of piperidine rings is 1. The lowest BCUT2D eigenvalue weighted by Crippen LogP contribution is -2.52. The summed E-state index contributed by atoms with van der Waals surface area (Å²) >= 11 is 6.50. The highest BCUT2D eigenvalue weighted by molar-refractivity contribution is 6.33. The lowest BCUT2D eigenvalue weighted by Gasteiger charge is -2.41. The zero-order valence-corrected chi connectivity index (χ0v) is 24.3. The maximum absolute atomic E-state index is 14.4. The van der Waals surface area contributed by atoms with E-state index in [9.17, 15) is 13.6 Å². The van der Waals surface area contributed by atoms with Gasteiger partial charge in [-0.05, 0) is 44.0 Å². The Kier molecular flexibility index (Phi) is 7.44. The van der Waals surface area contributed by atoms with E-state index in [1.807, 2.05) is 25.2 Å². The van der Waals surface area contributed by atoms with Crippen LogP contribution >= 0.6 is 11.6 Å². The second-order valence-corrected chi connectivity index (χ2v) is 12.0. The molecule has 2 aliphatic heterocycles. The molecule has 1 saturated heterocycles. The summed E-state index contributed by atoms with van der Waals surface area (Å²) in [4.78, 5) is 24.3. The van der Waals surface area contributed by atoms with Crippen LogP contribution in [-0.2, 0) is 6.54 Å². The Hall–Kier alpha value is -3.18. The molecule has 1 unspecified atom stereocenters. The van der Waals surface area contributed by atoms with Crippen LogP contribution in [0.5, 0.6) is 5.75 Å². The van der Waals surface area contributed by atoms with Gasteiger partial charge in [0.05, 0.1) is 24.0 Å². The number of ether oxygens (including phenoxy) is 1. The Bertz CT molecular complexity index is 1500. The number of alkyl halides is 2. The standard InChI is InChI=1S/C29H36ClF2N7O2/c1-16-14-38(15-17(2)29(16,31)32)28-34-13-21(30)26(37-28)35-19-6-7-23-20(12-19)24-25(27(40)39(23)10-9-33-3)41-11-8-22(36-24)18-4-5-18/h6-7,12-13,16-18,22,33,36H,4-5,8-11,14-15H2,1-3H3,(H,34,35,37)/t16-,17+,22?. The number of fused-ring (bicyclic) bond motifs is 3. The molecule has 3 aliphatic rings. The van der Waals surface area contributed by atoms with Crippen molar-refractivity contribution in [3.05, 3.63) is 39.8 Å². The highest BCUT2D eigenvalue weighted by Crippen LogP contribution is 2.42. The number of aromatic nitrogens is 3. The smallest absolute Gasteiger partial charge is 0.295 e. The minimum absolute atomic E-state index is 0.147. The molecule has 220 valence electrons. The Morgan fingerprint density at radius 3 is 2.66 bits per heavy atom. The Morgan fingerprint density at radius 1 is 1.20 bits per heavy atom. The number of anilines is 4. The average Bonchev–Trinajstić information content (AvgIpc) is 3.80. The van der Waals surface area contributed by atoms with Gasteiger partial charge in [0.2, 0.25) is 11.7 Å². The van der Waals surface area contributed by atoms with Gasteiger partial charge in [-0.1, -0.05) is 25.4 Å². The third kappa shape index (κ3) is 5.30. The zero-order chi connectivity index (χ0) is 28.9. The van der Waals surface area contributed by atoms with Gasteiger partial charge in [0.1, 0.15) is 5.02 Å². The first-order valence-corrected chi connectivity index (χ1v) is 14.7. The van der Waals surface area contributed by atoms with E-state index in [1.165, 1.54) is 19.0 Å². The SMILES string of the molecule is CNCCn1c(=O)c2c(c3cc(Nc4nc(N5C[C@@H](C)C(F)(F)[C@@H](C)C5)ncc4Cl)ccc31)NC(C1CC1)CCO2. The Labute approximate surface area is 242 Å². The third-order valence-corrected chi connectivity index (χ3v) is 8.86. The van der Waals surface area contributed by atoms with Gasteiger partial charge >= 0.3 is 0 Å². The van der Waals surface area contributed by atoms with E-state index in [-0.39, 0.29) is 24.7 Å². The molecule has 3 aromatic rings. The molecule has 3 atom stereocenters. The number of likely N-dealkylation sites (N-methyl/N-ethyl adjacent to an activating group) is 1. The minimum atomic E-state index is -2.74. The van der Waals surface area contributed by atoms with E-state index >= 15 is 0 Å². The van der Waals surface area contributed by atoms with Crippen molar-refractivity contribution in [2.75, 3.05) is 48.8 Å². The summed E-state index contributed by atoms with van der Waals surface area (Å²) in [6, 6.07) is 6.02. The molecule has 1 aromatic carbocycles. The molecular formula is C29H36ClF2N7O2. The second-order valence-electron chi connectivity index (χ2n) is 11.6. The highest BCUT2D eigenvalue weighted by atomic mass is 35.5. The zero-order valence-electron chi connectivity index (χ0n) is 23.5. The molecule has 6 rings (SSSR count). The summed E-state index contributed by atoms with van der Waals surface area (Å²) in [5.74, 6) is -2.73. The lowest BCUT2D eigenvalue weighted by molar-refractivity contribution is -0.105.